The smallest absolute Gasteiger partial charge is 0.0894 e. The molecule has 1 saturated heterocycles. The first kappa shape index (κ1) is 5.79. The maximum atomic E-state index is 8.59. The topological polar surface area (TPSA) is 32.8 Å². The van der Waals surface area contributed by atoms with Crippen molar-refractivity contribution in [1.29, 1.82) is 0 Å². The van der Waals surface area contributed by atoms with E-state index in [0.29, 0.717) is 0 Å². The lowest BCUT2D eigenvalue weighted by Crippen LogP contribution is -2.08. The van der Waals surface area contributed by atoms with Crippen LogP contribution in [0, 0.1) is 5.92 Å². The molecule has 0 saturated carbocycles. The highest BCUT2D eigenvalue weighted by Gasteiger charge is 2.29. The summed E-state index contributed by atoms with van der Waals surface area (Å²) in [5.41, 5.74) is 0. The molecule has 1 fully saturated rings. The Morgan fingerprint density at radius 1 is 2.00 bits per heavy atom. The molecule has 0 spiro atoms. The SMILES string of the molecule is C=CC(CO)C1CO1. The van der Waals surface area contributed by atoms with E-state index in [1.54, 1.807) is 6.08 Å². The average Bonchev–Trinajstić information content (AvgIpc) is 2.53. The van der Waals surface area contributed by atoms with Crippen molar-refractivity contribution in [2.75, 3.05) is 13.2 Å². The van der Waals surface area contributed by atoms with Gasteiger partial charge in [-0.1, -0.05) is 6.08 Å². The van der Waals surface area contributed by atoms with E-state index >= 15 is 0 Å². The molecule has 46 valence electrons. The fraction of sp³-hybridized carbons (Fsp3) is 0.667. The summed E-state index contributed by atoms with van der Waals surface area (Å²) in [6.07, 6.45) is 2.00. The van der Waals surface area contributed by atoms with Crippen LogP contribution in [0.25, 0.3) is 0 Å². The third-order valence-electron chi connectivity index (χ3n) is 1.35. The minimum Gasteiger partial charge on any atom is -0.396 e. The van der Waals surface area contributed by atoms with Gasteiger partial charge in [-0.3, -0.25) is 0 Å². The van der Waals surface area contributed by atoms with Gasteiger partial charge in [0, 0.05) is 5.92 Å². The number of rotatable bonds is 3. The van der Waals surface area contributed by atoms with Crippen molar-refractivity contribution >= 4 is 0 Å². The summed E-state index contributed by atoms with van der Waals surface area (Å²) in [7, 11) is 0. The van der Waals surface area contributed by atoms with Crippen LogP contribution in [0.1, 0.15) is 0 Å². The molecule has 1 aliphatic rings. The number of hydrogen-bond acceptors (Lipinski definition) is 2. The predicted molar refractivity (Wildman–Crippen MR) is 30.5 cm³/mol. The van der Waals surface area contributed by atoms with Crippen molar-refractivity contribution in [2.24, 2.45) is 5.92 Å². The lowest BCUT2D eigenvalue weighted by Gasteiger charge is -2.00. The highest BCUT2D eigenvalue weighted by atomic mass is 16.6. The van der Waals surface area contributed by atoms with Crippen LogP contribution in [0.3, 0.4) is 0 Å². The molecule has 0 aliphatic carbocycles. The molecule has 2 nitrogen and oxygen atoms in total. The third-order valence-corrected chi connectivity index (χ3v) is 1.35. The van der Waals surface area contributed by atoms with Crippen molar-refractivity contribution in [3.63, 3.8) is 0 Å². The van der Waals surface area contributed by atoms with Gasteiger partial charge >= 0.3 is 0 Å². The molecule has 1 N–H and O–H groups in total. The van der Waals surface area contributed by atoms with Crippen molar-refractivity contribution in [3.05, 3.63) is 12.7 Å². The number of aliphatic hydroxyl groups excluding tert-OH is 1. The summed E-state index contributed by atoms with van der Waals surface area (Å²) < 4.78 is 4.92. The minimum absolute atomic E-state index is 0.161. The Bertz CT molecular complexity index is 86.5. The molecular weight excluding hydrogens is 104 g/mol. The lowest BCUT2D eigenvalue weighted by molar-refractivity contribution is 0.222. The number of aliphatic hydroxyl groups is 1. The molecule has 1 heterocycles. The van der Waals surface area contributed by atoms with Gasteiger partial charge < -0.3 is 9.84 Å². The first-order valence-electron chi connectivity index (χ1n) is 2.73. The molecule has 1 aliphatic heterocycles. The Morgan fingerprint density at radius 2 is 2.62 bits per heavy atom. The van der Waals surface area contributed by atoms with Crippen LogP contribution in [0.5, 0.6) is 0 Å². The lowest BCUT2D eigenvalue weighted by atomic mass is 10.1. The molecule has 2 unspecified atom stereocenters. The first-order valence-corrected chi connectivity index (χ1v) is 2.73. The van der Waals surface area contributed by atoms with E-state index in [0.717, 1.165) is 6.61 Å². The zero-order valence-electron chi connectivity index (χ0n) is 4.71. The molecule has 8 heavy (non-hydrogen) atoms. The molecule has 0 aromatic rings. The molecular formula is C6H10O2. The summed E-state index contributed by atoms with van der Waals surface area (Å²) in [5, 5.41) is 8.59. The number of epoxide rings is 1. The molecule has 0 bridgehead atoms. The zero-order chi connectivity index (χ0) is 5.98. The van der Waals surface area contributed by atoms with Gasteiger partial charge in [0.25, 0.3) is 0 Å². The quantitative estimate of drug-likeness (QED) is 0.419. The van der Waals surface area contributed by atoms with Crippen LogP contribution < -0.4 is 0 Å². The molecule has 0 amide bonds. The van der Waals surface area contributed by atoms with E-state index in [9.17, 15) is 0 Å². The van der Waals surface area contributed by atoms with Crippen molar-refractivity contribution in [1.82, 2.24) is 0 Å². The molecule has 0 aromatic heterocycles. The highest BCUT2D eigenvalue weighted by Crippen LogP contribution is 2.19. The largest absolute Gasteiger partial charge is 0.396 e. The van der Waals surface area contributed by atoms with Crippen LogP contribution >= 0.6 is 0 Å². The van der Waals surface area contributed by atoms with E-state index in [2.05, 4.69) is 6.58 Å². The summed E-state index contributed by atoms with van der Waals surface area (Å²) in [4.78, 5) is 0. The van der Waals surface area contributed by atoms with Gasteiger partial charge in [-0.2, -0.15) is 0 Å². The molecule has 0 aromatic carbocycles. The highest BCUT2D eigenvalue weighted by molar-refractivity contribution is 4.90. The van der Waals surface area contributed by atoms with Crippen LogP contribution in [-0.2, 0) is 4.74 Å². The fourth-order valence-electron chi connectivity index (χ4n) is 0.647. The normalized spacial score (nSPS) is 29.4. The van der Waals surface area contributed by atoms with Gasteiger partial charge in [0.2, 0.25) is 0 Å². The number of ether oxygens (including phenoxy) is 1. The Hall–Kier alpha value is -0.340. The average molecular weight is 114 g/mol. The molecule has 1 rings (SSSR count). The van der Waals surface area contributed by atoms with Crippen molar-refractivity contribution < 1.29 is 9.84 Å². The Morgan fingerprint density at radius 3 is 2.75 bits per heavy atom. The minimum atomic E-state index is 0.161. The zero-order valence-corrected chi connectivity index (χ0v) is 4.71. The van der Waals surface area contributed by atoms with E-state index in [1.807, 2.05) is 0 Å². The van der Waals surface area contributed by atoms with Gasteiger partial charge in [-0.15, -0.1) is 6.58 Å². The van der Waals surface area contributed by atoms with Crippen molar-refractivity contribution in [3.8, 4) is 0 Å². The second kappa shape index (κ2) is 2.29. The second-order valence-electron chi connectivity index (χ2n) is 1.95. The Labute approximate surface area is 48.8 Å². The molecule has 2 atom stereocenters. The summed E-state index contributed by atoms with van der Waals surface area (Å²) >= 11 is 0. The fourth-order valence-corrected chi connectivity index (χ4v) is 0.647. The summed E-state index contributed by atoms with van der Waals surface area (Å²) in [5.74, 6) is 0.162. The van der Waals surface area contributed by atoms with Gasteiger partial charge in [0.05, 0.1) is 19.3 Å². The van der Waals surface area contributed by atoms with Gasteiger partial charge in [-0.05, 0) is 0 Å². The maximum Gasteiger partial charge on any atom is 0.0894 e. The van der Waals surface area contributed by atoms with Crippen LogP contribution in [-0.4, -0.2) is 24.4 Å². The third kappa shape index (κ3) is 1.08. The first-order chi connectivity index (χ1) is 3.88. The summed E-state index contributed by atoms with van der Waals surface area (Å²) in [6, 6.07) is 0. The molecule has 2 heteroatoms. The Balaban J connectivity index is 2.25. The molecule has 0 radical (unpaired) electrons. The maximum absolute atomic E-state index is 8.59. The van der Waals surface area contributed by atoms with E-state index in [-0.39, 0.29) is 18.6 Å². The number of hydrogen-bond donors (Lipinski definition) is 1. The van der Waals surface area contributed by atoms with Crippen LogP contribution in [0.15, 0.2) is 12.7 Å². The van der Waals surface area contributed by atoms with Crippen LogP contribution in [0.4, 0.5) is 0 Å². The van der Waals surface area contributed by atoms with Gasteiger partial charge in [-0.25, -0.2) is 0 Å². The monoisotopic (exact) mass is 114 g/mol. The second-order valence-corrected chi connectivity index (χ2v) is 1.95. The summed E-state index contributed by atoms with van der Waals surface area (Å²) in [6.45, 7) is 4.50. The van der Waals surface area contributed by atoms with E-state index < -0.39 is 0 Å². The van der Waals surface area contributed by atoms with Crippen LogP contribution in [0.2, 0.25) is 0 Å². The van der Waals surface area contributed by atoms with Gasteiger partial charge in [0.1, 0.15) is 0 Å². The van der Waals surface area contributed by atoms with Gasteiger partial charge in [0.15, 0.2) is 0 Å². The Kier molecular flexibility index (Phi) is 1.65. The van der Waals surface area contributed by atoms with E-state index in [1.165, 1.54) is 0 Å². The van der Waals surface area contributed by atoms with Crippen molar-refractivity contribution in [2.45, 2.75) is 6.10 Å². The standard InChI is InChI=1S/C6H10O2/c1-2-5(3-7)6-4-8-6/h2,5-7H,1,3-4H2. The predicted octanol–water partition coefficient (Wildman–Crippen LogP) is 0.180. The van der Waals surface area contributed by atoms with E-state index in [4.69, 9.17) is 9.84 Å².